The van der Waals surface area contributed by atoms with Gasteiger partial charge in [0.05, 0.1) is 45.3 Å². The van der Waals surface area contributed by atoms with Crippen molar-refractivity contribution in [2.45, 2.75) is 33.0 Å². The summed E-state index contributed by atoms with van der Waals surface area (Å²) in [6.07, 6.45) is 0.151. The molecule has 0 fully saturated rings. The Labute approximate surface area is 262 Å². The van der Waals surface area contributed by atoms with Gasteiger partial charge in [0.1, 0.15) is 6.61 Å². The van der Waals surface area contributed by atoms with Crippen molar-refractivity contribution in [3.05, 3.63) is 57.2 Å². The Hall–Kier alpha value is -4.50. The first-order chi connectivity index (χ1) is 21.1. The molecule has 2 atom stereocenters. The zero-order valence-electron chi connectivity index (χ0n) is 24.9. The van der Waals surface area contributed by atoms with Crippen LogP contribution in [0.1, 0.15) is 37.9 Å². The smallest absolute Gasteiger partial charge is 0.344 e. The van der Waals surface area contributed by atoms with Crippen LogP contribution in [0.15, 0.2) is 51.2 Å². The van der Waals surface area contributed by atoms with E-state index in [1.165, 1.54) is 20.4 Å². The second-order valence-electron chi connectivity index (χ2n) is 9.04. The summed E-state index contributed by atoms with van der Waals surface area (Å²) in [7, 11) is 2.72. The predicted octanol–water partition coefficient (Wildman–Crippen LogP) is 2.92. The van der Waals surface area contributed by atoms with Crippen LogP contribution in [0.4, 0.5) is 4.79 Å². The topological polar surface area (TPSA) is 175 Å². The van der Waals surface area contributed by atoms with Gasteiger partial charge in [0.15, 0.2) is 35.8 Å². The molecule has 3 rings (SSSR count). The zero-order chi connectivity index (χ0) is 32.2. The molecule has 0 bridgehead atoms. The predicted molar refractivity (Wildman–Crippen MR) is 162 cm³/mol. The monoisotopic (exact) mass is 678 g/mol. The van der Waals surface area contributed by atoms with Crippen molar-refractivity contribution in [2.24, 2.45) is 5.10 Å². The van der Waals surface area contributed by atoms with Crippen molar-refractivity contribution in [1.82, 2.24) is 16.1 Å². The highest BCUT2D eigenvalue weighted by atomic mass is 79.9. The second kappa shape index (κ2) is 16.4. The molecule has 14 nitrogen and oxygen atoms in total. The number of carbonyl (C=O) groups excluding carboxylic acids is 3. The van der Waals surface area contributed by atoms with Crippen LogP contribution in [0.25, 0.3) is 0 Å². The minimum absolute atomic E-state index is 0.220. The lowest BCUT2D eigenvalue weighted by atomic mass is 9.95. The van der Waals surface area contributed by atoms with Crippen LogP contribution in [0.2, 0.25) is 0 Å². The number of carbonyl (C=O) groups is 3. The van der Waals surface area contributed by atoms with E-state index in [2.05, 4.69) is 37.1 Å². The van der Waals surface area contributed by atoms with Gasteiger partial charge in [-0.15, -0.1) is 0 Å². The number of hydrogen-bond donors (Lipinski definition) is 4. The van der Waals surface area contributed by atoms with Gasteiger partial charge in [-0.05, 0) is 50.6 Å². The number of urea groups is 1. The number of nitrogens with zero attached hydrogens (tertiary/aromatic N) is 1. The van der Waals surface area contributed by atoms with Gasteiger partial charge in [-0.1, -0.05) is 22.0 Å². The molecule has 0 radical (unpaired) electrons. The van der Waals surface area contributed by atoms with E-state index in [1.807, 2.05) is 0 Å². The summed E-state index contributed by atoms with van der Waals surface area (Å²) in [5.41, 5.74) is 4.20. The molecule has 238 valence electrons. The molecule has 2 aromatic rings. The number of hydrogen-bond acceptors (Lipinski definition) is 12. The highest BCUT2D eigenvalue weighted by molar-refractivity contribution is 9.10. The maximum Gasteiger partial charge on any atom is 0.344 e. The molecule has 2 aromatic carbocycles. The fourth-order valence-electron chi connectivity index (χ4n) is 4.14. The zero-order valence-corrected chi connectivity index (χ0v) is 26.5. The molecule has 1 aliphatic rings. The lowest BCUT2D eigenvalue weighted by Gasteiger charge is -2.28. The summed E-state index contributed by atoms with van der Waals surface area (Å²) >= 11 is 3.39. The van der Waals surface area contributed by atoms with Gasteiger partial charge in [0, 0.05) is 15.7 Å². The van der Waals surface area contributed by atoms with Crippen LogP contribution in [0.3, 0.4) is 0 Å². The first-order valence-electron chi connectivity index (χ1n) is 13.5. The number of hydrazone groups is 1. The number of amides is 2. The molecule has 0 spiro atoms. The van der Waals surface area contributed by atoms with Crippen LogP contribution in [0.5, 0.6) is 23.0 Å². The summed E-state index contributed by atoms with van der Waals surface area (Å²) < 4.78 is 33.0. The van der Waals surface area contributed by atoms with Crippen molar-refractivity contribution >= 4 is 40.1 Å². The van der Waals surface area contributed by atoms with Crippen LogP contribution < -0.4 is 35.0 Å². The van der Waals surface area contributed by atoms with Gasteiger partial charge in [-0.3, -0.25) is 5.43 Å². The average Bonchev–Trinajstić information content (AvgIpc) is 2.99. The number of methoxy groups -OCH3 is 2. The normalized spacial score (nSPS) is 15.2. The number of rotatable bonds is 15. The van der Waals surface area contributed by atoms with E-state index >= 15 is 0 Å². The molecule has 1 heterocycles. The fraction of sp³-hybridized carbons (Fsp3) is 0.379. The third kappa shape index (κ3) is 9.00. The number of aliphatic hydroxyl groups is 1. The number of aliphatic hydroxyl groups excluding tert-OH is 1. The van der Waals surface area contributed by atoms with Gasteiger partial charge < -0.3 is 44.2 Å². The van der Waals surface area contributed by atoms with Crippen LogP contribution in [0, 0.1) is 0 Å². The summed E-state index contributed by atoms with van der Waals surface area (Å²) in [5.74, 6) is 0.127. The maximum absolute atomic E-state index is 12.4. The SMILES string of the molecule is CCOC(=O)COc1c(/C=N/N[C@@H](O)COc2ccc([C@H]3NC(=O)NC(C)=C3C(=O)OC)cc2OCC)cc(Br)cc1OC. The summed E-state index contributed by atoms with van der Waals surface area (Å²) in [6, 6.07) is 7.03. The number of esters is 2. The van der Waals surface area contributed by atoms with Crippen LogP contribution in [-0.2, 0) is 19.1 Å². The van der Waals surface area contributed by atoms with Crippen molar-refractivity contribution < 1.29 is 47.9 Å². The minimum atomic E-state index is -1.24. The van der Waals surface area contributed by atoms with Crippen LogP contribution >= 0.6 is 15.9 Å². The first-order valence-corrected chi connectivity index (χ1v) is 14.3. The molecule has 0 saturated carbocycles. The summed E-state index contributed by atoms with van der Waals surface area (Å²) in [4.78, 5) is 36.4. The van der Waals surface area contributed by atoms with E-state index in [0.29, 0.717) is 45.2 Å². The number of nitrogens with one attached hydrogen (secondary N) is 3. The van der Waals surface area contributed by atoms with Gasteiger partial charge in [0.25, 0.3) is 0 Å². The molecule has 1 aliphatic heterocycles. The van der Waals surface area contributed by atoms with E-state index in [9.17, 15) is 19.5 Å². The lowest BCUT2D eigenvalue weighted by molar-refractivity contribution is -0.145. The molecule has 44 heavy (non-hydrogen) atoms. The maximum atomic E-state index is 12.4. The quantitative estimate of drug-likeness (QED) is 0.0943. The Morgan fingerprint density at radius 1 is 1.09 bits per heavy atom. The van der Waals surface area contributed by atoms with Crippen molar-refractivity contribution in [2.75, 3.05) is 40.6 Å². The Kier molecular flexibility index (Phi) is 12.7. The number of allylic oxidation sites excluding steroid dienone is 1. The third-order valence-electron chi connectivity index (χ3n) is 6.01. The molecule has 0 unspecified atom stereocenters. The molecular weight excluding hydrogens is 644 g/mol. The van der Waals surface area contributed by atoms with Gasteiger partial charge in [-0.2, -0.15) is 5.10 Å². The lowest BCUT2D eigenvalue weighted by Crippen LogP contribution is -2.45. The molecule has 0 aliphatic carbocycles. The standard InChI is InChI=1S/C29H35BrN4O10/c1-6-41-21-11-17(26-25(28(37)40-5)16(3)32-29(38)33-26)8-9-20(21)43-14-23(35)34-31-13-18-10-19(30)12-22(39-4)27(18)44-15-24(36)42-7-2/h8-13,23,26,34-35H,6-7,14-15H2,1-5H3,(H2,32,33,38)/b31-13+/t23-,26+/m0/s1. The molecular formula is C29H35BrN4O10. The Bertz CT molecular complexity index is 1410. The number of benzene rings is 2. The highest BCUT2D eigenvalue weighted by Crippen LogP contribution is 2.36. The number of ether oxygens (including phenoxy) is 6. The molecule has 0 saturated heterocycles. The van der Waals surface area contributed by atoms with E-state index in [4.69, 9.17) is 28.4 Å². The Morgan fingerprint density at radius 3 is 2.55 bits per heavy atom. The van der Waals surface area contributed by atoms with Crippen molar-refractivity contribution in [1.29, 1.82) is 0 Å². The molecule has 4 N–H and O–H groups in total. The highest BCUT2D eigenvalue weighted by Gasteiger charge is 2.32. The van der Waals surface area contributed by atoms with Gasteiger partial charge in [0.2, 0.25) is 0 Å². The summed E-state index contributed by atoms with van der Waals surface area (Å²) in [5, 5.41) is 19.9. The molecule has 0 aromatic heterocycles. The van der Waals surface area contributed by atoms with E-state index < -0.39 is 30.2 Å². The fourth-order valence-corrected chi connectivity index (χ4v) is 4.59. The van der Waals surface area contributed by atoms with E-state index in [-0.39, 0.29) is 31.1 Å². The first kappa shape index (κ1) is 34.0. The average molecular weight is 680 g/mol. The third-order valence-corrected chi connectivity index (χ3v) is 6.47. The van der Waals surface area contributed by atoms with Crippen LogP contribution in [-0.4, -0.2) is 76.2 Å². The van der Waals surface area contributed by atoms with E-state index in [1.54, 1.807) is 51.1 Å². The molecule has 15 heteroatoms. The van der Waals surface area contributed by atoms with Gasteiger partial charge >= 0.3 is 18.0 Å². The summed E-state index contributed by atoms with van der Waals surface area (Å²) in [6.45, 7) is 5.07. The Morgan fingerprint density at radius 2 is 1.86 bits per heavy atom. The Balaban J connectivity index is 1.71. The molecule has 2 amide bonds. The van der Waals surface area contributed by atoms with Crippen molar-refractivity contribution in [3.8, 4) is 23.0 Å². The largest absolute Gasteiger partial charge is 0.493 e. The van der Waals surface area contributed by atoms with Gasteiger partial charge in [-0.25, -0.2) is 14.4 Å². The van der Waals surface area contributed by atoms with E-state index in [0.717, 1.165) is 0 Å². The van der Waals surface area contributed by atoms with Crippen molar-refractivity contribution in [3.63, 3.8) is 0 Å². The second-order valence-corrected chi connectivity index (χ2v) is 9.95. The number of halogens is 1. The minimum Gasteiger partial charge on any atom is -0.493 e.